The highest BCUT2D eigenvalue weighted by molar-refractivity contribution is 5.67. The molecule has 0 spiro atoms. The fourth-order valence-corrected chi connectivity index (χ4v) is 3.46. The third kappa shape index (κ3) is 5.09. The second kappa shape index (κ2) is 9.55. The second-order valence-electron chi connectivity index (χ2n) is 7.00. The number of nitrogen functional groups attached to an aromatic ring is 1. The van der Waals surface area contributed by atoms with Gasteiger partial charge in [-0.1, -0.05) is 19.3 Å². The Bertz CT molecular complexity index is 740. The SMILES string of the molecule is COC(CCc1ccc2c(N)ncnn12)COC(=O)N1CCCCCCC1. The zero-order valence-corrected chi connectivity index (χ0v) is 16.0. The number of aryl methyl sites for hydroxylation is 1. The van der Waals surface area contributed by atoms with Crippen molar-refractivity contribution in [1.29, 1.82) is 0 Å². The monoisotopic (exact) mass is 375 g/mol. The van der Waals surface area contributed by atoms with Crippen molar-refractivity contribution < 1.29 is 14.3 Å². The first-order valence-corrected chi connectivity index (χ1v) is 9.70. The van der Waals surface area contributed by atoms with Gasteiger partial charge in [0.05, 0.1) is 6.10 Å². The Labute approximate surface area is 159 Å². The molecule has 1 atom stereocenters. The summed E-state index contributed by atoms with van der Waals surface area (Å²) in [5, 5.41) is 4.25. The maximum absolute atomic E-state index is 12.3. The number of methoxy groups -OCH3 is 1. The van der Waals surface area contributed by atoms with Crippen molar-refractivity contribution in [2.75, 3.05) is 32.5 Å². The van der Waals surface area contributed by atoms with Crippen molar-refractivity contribution in [1.82, 2.24) is 19.5 Å². The Kier molecular flexibility index (Phi) is 6.86. The van der Waals surface area contributed by atoms with Crippen LogP contribution in [-0.2, 0) is 15.9 Å². The molecule has 27 heavy (non-hydrogen) atoms. The number of aromatic nitrogens is 3. The first kappa shape index (κ1) is 19.4. The lowest BCUT2D eigenvalue weighted by Gasteiger charge is -2.25. The van der Waals surface area contributed by atoms with Crippen molar-refractivity contribution in [2.24, 2.45) is 0 Å². The molecule has 8 nitrogen and oxygen atoms in total. The average molecular weight is 375 g/mol. The molecule has 2 aromatic heterocycles. The second-order valence-corrected chi connectivity index (χ2v) is 7.00. The summed E-state index contributed by atoms with van der Waals surface area (Å²) >= 11 is 0. The van der Waals surface area contributed by atoms with Crippen LogP contribution in [0.1, 0.15) is 44.2 Å². The van der Waals surface area contributed by atoms with E-state index in [2.05, 4.69) is 10.1 Å². The van der Waals surface area contributed by atoms with Gasteiger partial charge in [-0.3, -0.25) is 0 Å². The van der Waals surface area contributed by atoms with E-state index >= 15 is 0 Å². The highest BCUT2D eigenvalue weighted by Crippen LogP contribution is 2.16. The molecule has 0 radical (unpaired) electrons. The number of hydrogen-bond acceptors (Lipinski definition) is 6. The van der Waals surface area contributed by atoms with Gasteiger partial charge in [-0.15, -0.1) is 0 Å². The van der Waals surface area contributed by atoms with Crippen molar-refractivity contribution >= 4 is 17.4 Å². The summed E-state index contributed by atoms with van der Waals surface area (Å²) < 4.78 is 12.8. The highest BCUT2D eigenvalue weighted by Gasteiger charge is 2.18. The molecule has 1 aliphatic heterocycles. The molecule has 1 unspecified atom stereocenters. The largest absolute Gasteiger partial charge is 0.447 e. The molecule has 2 N–H and O–H groups in total. The Morgan fingerprint density at radius 2 is 1.96 bits per heavy atom. The fourth-order valence-electron chi connectivity index (χ4n) is 3.46. The highest BCUT2D eigenvalue weighted by atomic mass is 16.6. The summed E-state index contributed by atoms with van der Waals surface area (Å²) in [5.74, 6) is 0.460. The number of ether oxygens (including phenoxy) is 2. The topological polar surface area (TPSA) is 95.0 Å². The lowest BCUT2D eigenvalue weighted by atomic mass is 10.1. The molecule has 1 aliphatic rings. The summed E-state index contributed by atoms with van der Waals surface area (Å²) in [6, 6.07) is 3.90. The first-order chi connectivity index (χ1) is 13.2. The van der Waals surface area contributed by atoms with Gasteiger partial charge in [-0.05, 0) is 37.8 Å². The molecule has 3 heterocycles. The number of likely N-dealkylation sites (tertiary alicyclic amines) is 1. The van der Waals surface area contributed by atoms with Crippen LogP contribution in [0, 0.1) is 0 Å². The Morgan fingerprint density at radius 1 is 1.22 bits per heavy atom. The van der Waals surface area contributed by atoms with Gasteiger partial charge in [-0.25, -0.2) is 14.3 Å². The number of carbonyl (C=O) groups excluding carboxylic acids is 1. The zero-order valence-electron chi connectivity index (χ0n) is 16.0. The third-order valence-corrected chi connectivity index (χ3v) is 5.12. The van der Waals surface area contributed by atoms with Crippen molar-refractivity contribution in [3.05, 3.63) is 24.2 Å². The van der Waals surface area contributed by atoms with Crippen LogP contribution in [0.2, 0.25) is 0 Å². The van der Waals surface area contributed by atoms with Gasteiger partial charge in [-0.2, -0.15) is 5.10 Å². The van der Waals surface area contributed by atoms with Crippen LogP contribution in [0.4, 0.5) is 10.6 Å². The minimum Gasteiger partial charge on any atom is -0.447 e. The standard InChI is InChI=1S/C19H29N5O3/c1-26-16(13-27-19(25)23-11-5-3-2-4-6-12-23)9-7-15-8-10-17-18(20)21-14-22-24(15)17/h8,10,14,16H,2-7,9,11-13H2,1H3,(H2,20,21,22). The lowest BCUT2D eigenvalue weighted by Crippen LogP contribution is -2.36. The van der Waals surface area contributed by atoms with E-state index in [4.69, 9.17) is 15.2 Å². The maximum Gasteiger partial charge on any atom is 0.409 e. The predicted octanol–water partition coefficient (Wildman–Crippen LogP) is 2.66. The summed E-state index contributed by atoms with van der Waals surface area (Å²) in [5.41, 5.74) is 7.69. The molecule has 3 rings (SSSR count). The van der Waals surface area contributed by atoms with Crippen LogP contribution in [0.25, 0.3) is 5.52 Å². The van der Waals surface area contributed by atoms with Crippen molar-refractivity contribution in [3.8, 4) is 0 Å². The van der Waals surface area contributed by atoms with Crippen LogP contribution >= 0.6 is 0 Å². The van der Waals surface area contributed by atoms with Crippen LogP contribution in [0.3, 0.4) is 0 Å². The summed E-state index contributed by atoms with van der Waals surface area (Å²) in [4.78, 5) is 18.2. The smallest absolute Gasteiger partial charge is 0.409 e. The number of hydrogen-bond donors (Lipinski definition) is 1. The van der Waals surface area contributed by atoms with Gasteiger partial charge >= 0.3 is 6.09 Å². The fraction of sp³-hybridized carbons (Fsp3) is 0.632. The first-order valence-electron chi connectivity index (χ1n) is 9.70. The molecule has 1 fully saturated rings. The maximum atomic E-state index is 12.3. The molecule has 8 heteroatoms. The van der Waals surface area contributed by atoms with Gasteiger partial charge in [0, 0.05) is 25.9 Å². The molecule has 1 amide bonds. The molecule has 148 valence electrons. The molecule has 0 saturated carbocycles. The average Bonchev–Trinajstić information content (AvgIpc) is 3.06. The van der Waals surface area contributed by atoms with E-state index in [9.17, 15) is 4.79 Å². The van der Waals surface area contributed by atoms with E-state index in [1.165, 1.54) is 25.6 Å². The number of rotatable bonds is 6. The van der Waals surface area contributed by atoms with Gasteiger partial charge in [0.25, 0.3) is 0 Å². The molecule has 0 aliphatic carbocycles. The minimum absolute atomic E-state index is 0.159. The van der Waals surface area contributed by atoms with Gasteiger partial charge < -0.3 is 20.1 Å². The minimum atomic E-state index is -0.229. The van der Waals surface area contributed by atoms with Gasteiger partial charge in [0.1, 0.15) is 18.5 Å². The van der Waals surface area contributed by atoms with E-state index in [1.54, 1.807) is 11.6 Å². The molecule has 0 bridgehead atoms. The molecular formula is C19H29N5O3. The quantitative estimate of drug-likeness (QED) is 0.834. The summed E-state index contributed by atoms with van der Waals surface area (Å²) in [7, 11) is 1.64. The van der Waals surface area contributed by atoms with Crippen LogP contribution in [-0.4, -0.2) is 58.5 Å². The van der Waals surface area contributed by atoms with Crippen molar-refractivity contribution in [3.63, 3.8) is 0 Å². The van der Waals surface area contributed by atoms with Crippen LogP contribution in [0.15, 0.2) is 18.5 Å². The predicted molar refractivity (Wildman–Crippen MR) is 103 cm³/mol. The van der Waals surface area contributed by atoms with E-state index in [1.807, 2.05) is 17.0 Å². The van der Waals surface area contributed by atoms with E-state index in [-0.39, 0.29) is 18.8 Å². The number of nitrogens with two attached hydrogens (primary N) is 1. The molecular weight excluding hydrogens is 346 g/mol. The van der Waals surface area contributed by atoms with E-state index in [0.717, 1.165) is 50.0 Å². The molecule has 0 aromatic carbocycles. The third-order valence-electron chi connectivity index (χ3n) is 5.12. The van der Waals surface area contributed by atoms with E-state index in [0.29, 0.717) is 5.82 Å². The van der Waals surface area contributed by atoms with Crippen LogP contribution < -0.4 is 5.73 Å². The number of anilines is 1. The molecule has 2 aromatic rings. The number of nitrogens with zero attached hydrogens (tertiary/aromatic N) is 4. The number of carbonyl (C=O) groups is 1. The van der Waals surface area contributed by atoms with Gasteiger partial charge in [0.15, 0.2) is 5.82 Å². The lowest BCUT2D eigenvalue weighted by molar-refractivity contribution is 0.0177. The van der Waals surface area contributed by atoms with E-state index < -0.39 is 0 Å². The van der Waals surface area contributed by atoms with Crippen molar-refractivity contribution in [2.45, 2.75) is 51.0 Å². The normalized spacial score (nSPS) is 16.7. The Hall–Kier alpha value is -2.35. The Balaban J connectivity index is 1.49. The summed E-state index contributed by atoms with van der Waals surface area (Å²) in [6.07, 6.45) is 8.26. The number of amides is 1. The Morgan fingerprint density at radius 3 is 2.70 bits per heavy atom. The van der Waals surface area contributed by atoms with Gasteiger partial charge in [0.2, 0.25) is 0 Å². The number of fused-ring (bicyclic) bond motifs is 1. The zero-order chi connectivity index (χ0) is 19.1. The van der Waals surface area contributed by atoms with Crippen LogP contribution in [0.5, 0.6) is 0 Å². The summed E-state index contributed by atoms with van der Waals surface area (Å²) in [6.45, 7) is 1.83. The molecule has 1 saturated heterocycles.